The van der Waals surface area contributed by atoms with Gasteiger partial charge in [0, 0.05) is 17.8 Å². The van der Waals surface area contributed by atoms with Gasteiger partial charge in [-0.1, -0.05) is 23.4 Å². The minimum atomic E-state index is 0.517. The quantitative estimate of drug-likeness (QED) is 0.499. The zero-order valence-corrected chi connectivity index (χ0v) is 9.37. The monoisotopic (exact) mass is 228 g/mol. The number of ether oxygens (including phenoxy) is 1. The van der Waals surface area contributed by atoms with Crippen molar-refractivity contribution in [2.45, 2.75) is 6.92 Å². The van der Waals surface area contributed by atoms with Crippen molar-refractivity contribution in [3.63, 3.8) is 0 Å². The lowest BCUT2D eigenvalue weighted by atomic mass is 10.2. The van der Waals surface area contributed by atoms with E-state index in [9.17, 15) is 0 Å². The van der Waals surface area contributed by atoms with Crippen molar-refractivity contribution >= 4 is 6.21 Å². The molecule has 0 atom stereocenters. The summed E-state index contributed by atoms with van der Waals surface area (Å²) < 4.78 is 5.57. The molecule has 0 unspecified atom stereocenters. The number of hydrogen-bond donors (Lipinski definition) is 1. The van der Waals surface area contributed by atoms with Crippen molar-refractivity contribution in [2.24, 2.45) is 5.16 Å². The highest BCUT2D eigenvalue weighted by molar-refractivity contribution is 5.80. The lowest BCUT2D eigenvalue weighted by Crippen LogP contribution is -1.93. The van der Waals surface area contributed by atoms with E-state index in [1.54, 1.807) is 12.3 Å². The summed E-state index contributed by atoms with van der Waals surface area (Å²) in [7, 11) is 0. The van der Waals surface area contributed by atoms with Crippen LogP contribution in [-0.4, -0.2) is 16.4 Å². The first-order chi connectivity index (χ1) is 8.29. The summed E-state index contributed by atoms with van der Waals surface area (Å²) in [5.74, 6) is 1.26. The number of nitrogens with zero attached hydrogens (tertiary/aromatic N) is 2. The van der Waals surface area contributed by atoms with Crippen LogP contribution in [0.5, 0.6) is 11.6 Å². The highest BCUT2D eigenvalue weighted by atomic mass is 16.5. The van der Waals surface area contributed by atoms with Gasteiger partial charge in [0.2, 0.25) is 5.88 Å². The fourth-order valence-electron chi connectivity index (χ4n) is 1.40. The Morgan fingerprint density at radius 1 is 1.29 bits per heavy atom. The molecule has 86 valence electrons. The second-order valence-corrected chi connectivity index (χ2v) is 3.54. The van der Waals surface area contributed by atoms with Crippen LogP contribution in [-0.2, 0) is 0 Å². The van der Waals surface area contributed by atoms with Crippen LogP contribution in [0.15, 0.2) is 47.8 Å². The van der Waals surface area contributed by atoms with Gasteiger partial charge in [-0.15, -0.1) is 0 Å². The summed E-state index contributed by atoms with van der Waals surface area (Å²) in [6.07, 6.45) is 2.95. The zero-order chi connectivity index (χ0) is 12.1. The first kappa shape index (κ1) is 11.1. The second kappa shape index (κ2) is 5.12. The smallest absolute Gasteiger partial charge is 0.219 e. The lowest BCUT2D eigenvalue weighted by molar-refractivity contribution is 0.322. The third-order valence-electron chi connectivity index (χ3n) is 2.29. The Bertz CT molecular complexity index is 524. The normalized spacial score (nSPS) is 10.6. The highest BCUT2D eigenvalue weighted by Gasteiger charge is 2.01. The molecule has 1 aromatic heterocycles. The van der Waals surface area contributed by atoms with Gasteiger partial charge >= 0.3 is 0 Å². The summed E-state index contributed by atoms with van der Waals surface area (Å²) in [4.78, 5) is 4.13. The molecule has 0 spiro atoms. The Hall–Kier alpha value is -2.36. The molecule has 0 aliphatic carbocycles. The van der Waals surface area contributed by atoms with Crippen LogP contribution < -0.4 is 4.74 Å². The van der Waals surface area contributed by atoms with Gasteiger partial charge < -0.3 is 9.94 Å². The molecule has 4 heteroatoms. The number of hydrogen-bond acceptors (Lipinski definition) is 4. The van der Waals surface area contributed by atoms with E-state index in [4.69, 9.17) is 9.94 Å². The molecule has 0 bridgehead atoms. The van der Waals surface area contributed by atoms with Crippen LogP contribution in [0.3, 0.4) is 0 Å². The highest BCUT2D eigenvalue weighted by Crippen LogP contribution is 2.20. The van der Waals surface area contributed by atoms with E-state index in [-0.39, 0.29) is 0 Å². The van der Waals surface area contributed by atoms with Crippen molar-refractivity contribution in [1.82, 2.24) is 4.98 Å². The molecule has 0 saturated heterocycles. The van der Waals surface area contributed by atoms with E-state index in [1.165, 1.54) is 6.21 Å². The van der Waals surface area contributed by atoms with Gasteiger partial charge in [0.05, 0.1) is 6.21 Å². The molecule has 0 aliphatic heterocycles. The van der Waals surface area contributed by atoms with Gasteiger partial charge in [0.1, 0.15) is 5.75 Å². The Balaban J connectivity index is 2.21. The minimum absolute atomic E-state index is 0.517. The van der Waals surface area contributed by atoms with Crippen molar-refractivity contribution < 1.29 is 9.94 Å². The SMILES string of the molecule is Cc1cc(Oc2ccccc2)ncc1C=NO. The topological polar surface area (TPSA) is 54.7 Å². The largest absolute Gasteiger partial charge is 0.439 e. The van der Waals surface area contributed by atoms with E-state index in [1.807, 2.05) is 37.3 Å². The average Bonchev–Trinajstić information content (AvgIpc) is 2.34. The predicted molar refractivity (Wildman–Crippen MR) is 64.9 cm³/mol. The minimum Gasteiger partial charge on any atom is -0.439 e. The maximum absolute atomic E-state index is 8.46. The summed E-state index contributed by atoms with van der Waals surface area (Å²) in [5.41, 5.74) is 1.69. The van der Waals surface area contributed by atoms with Gasteiger partial charge in [0.15, 0.2) is 0 Å². The molecule has 0 amide bonds. The summed E-state index contributed by atoms with van der Waals surface area (Å²) in [6.45, 7) is 1.90. The molecule has 2 aromatic rings. The van der Waals surface area contributed by atoms with Crippen LogP contribution in [0.25, 0.3) is 0 Å². The third-order valence-corrected chi connectivity index (χ3v) is 2.29. The molecule has 4 nitrogen and oxygen atoms in total. The van der Waals surface area contributed by atoms with E-state index in [0.717, 1.165) is 16.9 Å². The van der Waals surface area contributed by atoms with Gasteiger partial charge in [-0.2, -0.15) is 0 Å². The van der Waals surface area contributed by atoms with Gasteiger partial charge in [0.25, 0.3) is 0 Å². The number of aryl methyl sites for hydroxylation is 1. The van der Waals surface area contributed by atoms with Gasteiger partial charge in [-0.25, -0.2) is 4.98 Å². The summed E-state index contributed by atoms with van der Waals surface area (Å²) in [5, 5.41) is 11.4. The number of aromatic nitrogens is 1. The summed E-state index contributed by atoms with van der Waals surface area (Å²) in [6, 6.07) is 11.2. The molecule has 2 rings (SSSR count). The zero-order valence-electron chi connectivity index (χ0n) is 9.37. The van der Waals surface area contributed by atoms with Crippen LogP contribution >= 0.6 is 0 Å². The summed E-state index contributed by atoms with van der Waals surface area (Å²) >= 11 is 0. The first-order valence-corrected chi connectivity index (χ1v) is 5.16. The Morgan fingerprint density at radius 3 is 2.71 bits per heavy atom. The maximum atomic E-state index is 8.46. The molecular formula is C13H12N2O2. The molecule has 1 aromatic carbocycles. The number of oxime groups is 1. The van der Waals surface area contributed by atoms with Crippen LogP contribution in [0.4, 0.5) is 0 Å². The van der Waals surface area contributed by atoms with Crippen molar-refractivity contribution in [3.8, 4) is 11.6 Å². The lowest BCUT2D eigenvalue weighted by Gasteiger charge is -2.06. The Morgan fingerprint density at radius 2 is 2.06 bits per heavy atom. The molecule has 0 saturated carbocycles. The van der Waals surface area contributed by atoms with E-state index in [2.05, 4.69) is 10.1 Å². The fraction of sp³-hybridized carbons (Fsp3) is 0.0769. The van der Waals surface area contributed by atoms with Crippen molar-refractivity contribution in [3.05, 3.63) is 53.7 Å². The molecule has 1 heterocycles. The third kappa shape index (κ3) is 2.81. The molecule has 17 heavy (non-hydrogen) atoms. The number of benzene rings is 1. The molecule has 1 N–H and O–H groups in total. The standard InChI is InChI=1S/C13H12N2O2/c1-10-7-13(14-8-11(10)9-15-16)17-12-5-3-2-4-6-12/h2-9,16H,1H3. The van der Waals surface area contributed by atoms with Crippen molar-refractivity contribution in [1.29, 1.82) is 0 Å². The number of pyridine rings is 1. The molecule has 0 fully saturated rings. The van der Waals surface area contributed by atoms with Gasteiger partial charge in [-0.05, 0) is 24.6 Å². The number of para-hydroxylation sites is 1. The molecular weight excluding hydrogens is 216 g/mol. The van der Waals surface area contributed by atoms with Crippen LogP contribution in [0.2, 0.25) is 0 Å². The fourth-order valence-corrected chi connectivity index (χ4v) is 1.40. The van der Waals surface area contributed by atoms with Crippen LogP contribution in [0.1, 0.15) is 11.1 Å². The Kier molecular flexibility index (Phi) is 3.35. The Labute approximate surface area is 99.2 Å². The first-order valence-electron chi connectivity index (χ1n) is 5.16. The average molecular weight is 228 g/mol. The molecule has 0 aliphatic rings. The maximum Gasteiger partial charge on any atom is 0.219 e. The van der Waals surface area contributed by atoms with E-state index < -0.39 is 0 Å². The van der Waals surface area contributed by atoms with Gasteiger partial charge in [-0.3, -0.25) is 0 Å². The van der Waals surface area contributed by atoms with Crippen molar-refractivity contribution in [2.75, 3.05) is 0 Å². The number of rotatable bonds is 3. The predicted octanol–water partition coefficient (Wildman–Crippen LogP) is 2.99. The molecule has 0 radical (unpaired) electrons. The second-order valence-electron chi connectivity index (χ2n) is 3.54. The van der Waals surface area contributed by atoms with E-state index >= 15 is 0 Å². The van der Waals surface area contributed by atoms with E-state index in [0.29, 0.717) is 5.88 Å². The van der Waals surface area contributed by atoms with Crippen LogP contribution in [0, 0.1) is 6.92 Å².